The quantitative estimate of drug-likeness (QED) is 0.0223. The first-order chi connectivity index (χ1) is 39.2. The molecule has 0 spiro atoms. The smallest absolute Gasteiger partial charge is 0.274 e. The van der Waals surface area contributed by atoms with Gasteiger partial charge in [0.05, 0.1) is 6.26 Å². The zero-order chi connectivity index (χ0) is 56.9. The van der Waals surface area contributed by atoms with Gasteiger partial charge >= 0.3 is 0 Å². The van der Waals surface area contributed by atoms with Crippen LogP contribution in [0.15, 0.2) is 150 Å². The number of amides is 3. The predicted molar refractivity (Wildman–Crippen MR) is 319 cm³/mol. The van der Waals surface area contributed by atoms with Crippen LogP contribution in [0, 0.1) is 20.8 Å². The maximum atomic E-state index is 13.7. The molecule has 0 radical (unpaired) electrons. The second kappa shape index (κ2) is 25.9. The molecule has 0 aliphatic heterocycles. The maximum absolute atomic E-state index is 13.7. The number of aryl methyl sites for hydroxylation is 1. The normalized spacial score (nSPS) is 11.6. The fourth-order valence-corrected chi connectivity index (χ4v) is 14.4. The third-order valence-corrected chi connectivity index (χ3v) is 19.0. The van der Waals surface area contributed by atoms with Gasteiger partial charge in [0.1, 0.15) is 11.4 Å². The summed E-state index contributed by atoms with van der Waals surface area (Å²) in [5.74, 6) is 0.782. The largest absolute Gasteiger partial charge is 0.461 e. The zero-order valence-corrected chi connectivity index (χ0v) is 47.5. The number of hydrogen-bond acceptors (Lipinski definition) is 15. The molecule has 0 unspecified atom stereocenters. The Morgan fingerprint density at radius 1 is 0.679 bits per heavy atom. The molecular formula is C61H68N14O5Si. The van der Waals surface area contributed by atoms with E-state index in [9.17, 15) is 14.4 Å². The first-order valence-electron chi connectivity index (χ1n) is 27.0. The van der Waals surface area contributed by atoms with Gasteiger partial charge < -0.3 is 46.5 Å². The van der Waals surface area contributed by atoms with Gasteiger partial charge in [-0.3, -0.25) is 24.4 Å². The summed E-state index contributed by atoms with van der Waals surface area (Å²) >= 11 is 0. The number of furan rings is 1. The Morgan fingerprint density at radius 3 is 1.96 bits per heavy atom. The Hall–Kier alpha value is -8.95. The van der Waals surface area contributed by atoms with Crippen LogP contribution < -0.4 is 48.0 Å². The number of carbonyl (C=O) groups is 3. The second-order valence-corrected chi connectivity index (χ2v) is 25.0. The third-order valence-electron chi connectivity index (χ3n) is 14.0. The molecule has 0 aliphatic rings. The minimum Gasteiger partial charge on any atom is -0.461 e. The second-order valence-electron chi connectivity index (χ2n) is 20.7. The molecule has 416 valence electrons. The van der Waals surface area contributed by atoms with E-state index in [1.54, 1.807) is 30.6 Å². The number of pyridine rings is 2. The summed E-state index contributed by atoms with van der Waals surface area (Å²) in [4.78, 5) is 61.8. The van der Waals surface area contributed by atoms with E-state index in [0.717, 1.165) is 38.9 Å². The summed E-state index contributed by atoms with van der Waals surface area (Å²) in [6.07, 6.45) is 5.79. The van der Waals surface area contributed by atoms with E-state index >= 15 is 0 Å². The first-order valence-corrected chi connectivity index (χ1v) is 28.9. The molecular weight excluding hydrogens is 1040 g/mol. The Kier molecular flexibility index (Phi) is 18.1. The average molecular weight is 1110 g/mol. The number of nitrogens with one attached hydrogen (secondary N) is 6. The SMILES string of the molecule is Cc1cc(CNCCNC(=O)CCCNc2nc(N)n3nc(-c4ccco4)nc3n2)cnc1C(=O)Nc1cccc(-c2cccc(NC(=O)c3ccc(CNCCO[Si](c4ccccc4)(c4ccccc4)C(C)(C)C)cn3)c2C)c1C. The molecule has 0 saturated carbocycles. The molecule has 81 heavy (non-hydrogen) atoms. The molecule has 4 aromatic carbocycles. The van der Waals surface area contributed by atoms with Crippen LogP contribution in [0.1, 0.15) is 82.4 Å². The van der Waals surface area contributed by atoms with E-state index in [0.29, 0.717) is 93.1 Å². The van der Waals surface area contributed by atoms with Gasteiger partial charge in [0.25, 0.3) is 25.9 Å². The number of fused-ring (bicyclic) bond motifs is 1. The van der Waals surface area contributed by atoms with Crippen LogP contribution >= 0.6 is 0 Å². The van der Waals surface area contributed by atoms with E-state index in [4.69, 9.17) is 14.6 Å². The lowest BCUT2D eigenvalue weighted by Crippen LogP contribution is -2.66. The molecule has 0 aliphatic carbocycles. The van der Waals surface area contributed by atoms with E-state index in [1.807, 2.05) is 81.4 Å². The summed E-state index contributed by atoms with van der Waals surface area (Å²) in [6, 6.07) is 41.9. The van der Waals surface area contributed by atoms with Gasteiger partial charge in [0.2, 0.25) is 23.6 Å². The Bertz CT molecular complexity index is 3570. The standard InChI is InChI=1S/C61H68N14O5Si/c1-40-35-44(37-63-30-31-65-53(76)26-15-29-66-59-72-58(62)75-60(73-59)71-55(74-75)52-25-16-33-79-52)39-68-54(40)57(78)70-50-24-14-22-48(42(50)3)47-21-13-23-49(41(47)2)69-56(77)51-28-27-43(38-67-51)36-64-32-34-80-81(61(4,5)6,45-17-9-7-10-18-45)46-19-11-8-12-20-46/h7-14,16-25,27-28,33,35,38-39,63-64H,15,26,29-32,34,36-37H2,1-6H3,(H,65,76)(H,69,77)(H,70,78)(H3,62,66,71,72,73,74). The lowest BCUT2D eigenvalue weighted by Gasteiger charge is -2.43. The first kappa shape index (κ1) is 56.8. The topological polar surface area (TPSA) is 254 Å². The average Bonchev–Trinajstić information content (AvgIpc) is 4.32. The van der Waals surface area contributed by atoms with Crippen LogP contribution in [0.4, 0.5) is 23.3 Å². The number of aromatic nitrogens is 7. The van der Waals surface area contributed by atoms with Crippen molar-refractivity contribution in [2.24, 2.45) is 0 Å². The molecule has 20 heteroatoms. The maximum Gasteiger partial charge on any atom is 0.274 e. The molecule has 0 bridgehead atoms. The minimum absolute atomic E-state index is 0.0811. The van der Waals surface area contributed by atoms with Crippen molar-refractivity contribution in [2.45, 2.75) is 72.5 Å². The van der Waals surface area contributed by atoms with E-state index in [1.165, 1.54) is 21.2 Å². The van der Waals surface area contributed by atoms with Crippen molar-refractivity contribution >= 4 is 65.5 Å². The van der Waals surface area contributed by atoms with Gasteiger partial charge in [0, 0.05) is 76.1 Å². The van der Waals surface area contributed by atoms with Crippen LogP contribution in [0.2, 0.25) is 5.04 Å². The van der Waals surface area contributed by atoms with Gasteiger partial charge in [-0.05, 0) is 112 Å². The highest BCUT2D eigenvalue weighted by atomic mass is 28.4. The van der Waals surface area contributed by atoms with Gasteiger partial charge in [-0.1, -0.05) is 118 Å². The summed E-state index contributed by atoms with van der Waals surface area (Å²) in [7, 11) is -2.63. The van der Waals surface area contributed by atoms with Gasteiger partial charge in [-0.25, -0.2) is 0 Å². The number of nitrogens with zero attached hydrogens (tertiary/aromatic N) is 7. The van der Waals surface area contributed by atoms with Gasteiger partial charge in [-0.2, -0.15) is 19.5 Å². The number of benzene rings is 4. The fraction of sp³-hybridized carbons (Fsp3) is 0.262. The molecule has 5 aromatic heterocycles. The predicted octanol–water partition coefficient (Wildman–Crippen LogP) is 8.01. The van der Waals surface area contributed by atoms with Crippen molar-refractivity contribution < 1.29 is 23.2 Å². The molecule has 8 N–H and O–H groups in total. The molecule has 0 atom stereocenters. The highest BCUT2D eigenvalue weighted by Crippen LogP contribution is 2.37. The Labute approximate surface area is 472 Å². The lowest BCUT2D eigenvalue weighted by molar-refractivity contribution is -0.121. The van der Waals surface area contributed by atoms with E-state index in [-0.39, 0.29) is 40.4 Å². The van der Waals surface area contributed by atoms with Gasteiger partial charge in [-0.15, -0.1) is 5.10 Å². The van der Waals surface area contributed by atoms with E-state index < -0.39 is 8.32 Å². The number of carbonyl (C=O) groups excluding carboxylic acids is 3. The summed E-state index contributed by atoms with van der Waals surface area (Å²) < 4.78 is 13.7. The van der Waals surface area contributed by atoms with E-state index in [2.05, 4.69) is 131 Å². The summed E-state index contributed by atoms with van der Waals surface area (Å²) in [6.45, 7) is 16.3. The molecule has 0 fully saturated rings. The van der Waals surface area contributed by atoms with Crippen LogP contribution in [0.5, 0.6) is 0 Å². The molecule has 9 aromatic rings. The van der Waals surface area contributed by atoms with Crippen molar-refractivity contribution in [1.82, 2.24) is 50.5 Å². The van der Waals surface area contributed by atoms with Crippen molar-refractivity contribution in [3.8, 4) is 22.7 Å². The number of rotatable bonds is 24. The molecule has 0 saturated heterocycles. The molecule has 19 nitrogen and oxygen atoms in total. The molecule has 3 amide bonds. The van der Waals surface area contributed by atoms with Gasteiger partial charge in [0.15, 0.2) is 5.76 Å². The lowest BCUT2D eigenvalue weighted by atomic mass is 9.94. The van der Waals surface area contributed by atoms with Crippen LogP contribution in [0.3, 0.4) is 0 Å². The summed E-state index contributed by atoms with van der Waals surface area (Å²) in [5, 5.41) is 25.7. The van der Waals surface area contributed by atoms with Crippen molar-refractivity contribution in [3.63, 3.8) is 0 Å². The highest BCUT2D eigenvalue weighted by Gasteiger charge is 2.50. The minimum atomic E-state index is -2.63. The molecule has 5 heterocycles. The number of nitrogens with two attached hydrogens (primary N) is 1. The third kappa shape index (κ3) is 13.6. The molecule has 9 rings (SSSR count). The number of nitrogen functional groups attached to an aromatic ring is 1. The van der Waals surface area contributed by atoms with Crippen LogP contribution in [-0.4, -0.2) is 93.4 Å². The monoisotopic (exact) mass is 1100 g/mol. The van der Waals surface area contributed by atoms with Crippen LogP contribution in [0.25, 0.3) is 28.5 Å². The number of hydrogen-bond donors (Lipinski definition) is 7. The Morgan fingerprint density at radius 2 is 1.33 bits per heavy atom. The van der Waals surface area contributed by atoms with Crippen LogP contribution in [-0.2, 0) is 22.3 Å². The number of anilines is 4. The zero-order valence-electron chi connectivity index (χ0n) is 46.5. The van der Waals surface area contributed by atoms with Crippen molar-refractivity contribution in [1.29, 1.82) is 0 Å². The van der Waals surface area contributed by atoms with Crippen molar-refractivity contribution in [2.75, 3.05) is 54.5 Å². The fourth-order valence-electron chi connectivity index (χ4n) is 9.85. The van der Waals surface area contributed by atoms with Crippen molar-refractivity contribution in [3.05, 3.63) is 185 Å². The Balaban J connectivity index is 0.709. The highest BCUT2D eigenvalue weighted by molar-refractivity contribution is 6.99. The summed E-state index contributed by atoms with van der Waals surface area (Å²) in [5.41, 5.74) is 14.1.